The fraction of sp³-hybridized carbons (Fsp3) is 0.333. The van der Waals surface area contributed by atoms with Gasteiger partial charge in [-0.25, -0.2) is 0 Å². The molecule has 3 aliphatic rings. The standard InChI is InChI=1S/C24H16N4/c25-11-23(12-26)21-17-7-3-1-5-15(17)9-19(21)20-10-16-6-2-4-8-18(16)22(20)24(23,13-27)14-28/h1-8,19-22H,9-10H2/t19-,20+,21-,22+. The SMILES string of the molecule is N#CC1(C#N)[C@@H]2c3ccccc3C[C@@H]2[C@@H]2Cc3ccccc3[C@@H]2C1(C#N)C#N. The fourth-order valence-corrected chi connectivity index (χ4v) is 6.33. The third-order valence-corrected chi connectivity index (χ3v) is 7.36. The minimum absolute atomic E-state index is 0.0731. The molecule has 5 rings (SSSR count). The molecule has 0 unspecified atom stereocenters. The predicted octanol–water partition coefficient (Wildman–Crippen LogP) is 3.98. The van der Waals surface area contributed by atoms with Crippen molar-refractivity contribution in [3.8, 4) is 24.3 Å². The molecule has 2 aromatic rings. The largest absolute Gasteiger partial charge is 0.196 e. The maximum Gasteiger partial charge on any atom is 0.183 e. The number of hydrogen-bond donors (Lipinski definition) is 0. The summed E-state index contributed by atoms with van der Waals surface area (Å²) in [6.45, 7) is 0. The van der Waals surface area contributed by atoms with Crippen LogP contribution in [0.3, 0.4) is 0 Å². The molecular formula is C24H16N4. The highest BCUT2D eigenvalue weighted by atomic mass is 14.7. The lowest BCUT2D eigenvalue weighted by Gasteiger charge is -2.51. The zero-order valence-electron chi connectivity index (χ0n) is 15.1. The summed E-state index contributed by atoms with van der Waals surface area (Å²) >= 11 is 0. The van der Waals surface area contributed by atoms with Crippen LogP contribution in [0.25, 0.3) is 0 Å². The quantitative estimate of drug-likeness (QED) is 0.710. The van der Waals surface area contributed by atoms with E-state index in [2.05, 4.69) is 24.3 Å². The maximum absolute atomic E-state index is 10.3. The van der Waals surface area contributed by atoms with Gasteiger partial charge in [0, 0.05) is 11.8 Å². The molecule has 1 fully saturated rings. The zero-order chi connectivity index (χ0) is 19.5. The monoisotopic (exact) mass is 360 g/mol. The number of nitriles is 4. The molecule has 0 bridgehead atoms. The molecule has 4 atom stereocenters. The first-order valence-electron chi connectivity index (χ1n) is 9.48. The third-order valence-electron chi connectivity index (χ3n) is 7.36. The smallest absolute Gasteiger partial charge is 0.183 e. The van der Waals surface area contributed by atoms with E-state index in [0.29, 0.717) is 0 Å². The number of nitrogens with zero attached hydrogens (tertiary/aromatic N) is 4. The van der Waals surface area contributed by atoms with Crippen LogP contribution in [-0.4, -0.2) is 0 Å². The summed E-state index contributed by atoms with van der Waals surface area (Å²) in [4.78, 5) is 0. The number of benzene rings is 2. The van der Waals surface area contributed by atoms with Crippen molar-refractivity contribution >= 4 is 0 Å². The topological polar surface area (TPSA) is 95.2 Å². The van der Waals surface area contributed by atoms with E-state index in [9.17, 15) is 21.0 Å². The van der Waals surface area contributed by atoms with E-state index in [4.69, 9.17) is 0 Å². The van der Waals surface area contributed by atoms with Crippen LogP contribution in [-0.2, 0) is 12.8 Å². The summed E-state index contributed by atoms with van der Waals surface area (Å²) in [6, 6.07) is 24.6. The van der Waals surface area contributed by atoms with Crippen molar-refractivity contribution in [1.82, 2.24) is 0 Å². The molecular weight excluding hydrogens is 344 g/mol. The van der Waals surface area contributed by atoms with Gasteiger partial charge in [-0.15, -0.1) is 0 Å². The molecule has 2 aromatic carbocycles. The van der Waals surface area contributed by atoms with Gasteiger partial charge in [-0.05, 0) is 46.9 Å². The van der Waals surface area contributed by atoms with Gasteiger partial charge in [0.05, 0.1) is 24.3 Å². The predicted molar refractivity (Wildman–Crippen MR) is 100 cm³/mol. The molecule has 1 saturated carbocycles. The van der Waals surface area contributed by atoms with Crippen molar-refractivity contribution in [2.24, 2.45) is 22.7 Å². The van der Waals surface area contributed by atoms with E-state index in [1.54, 1.807) is 0 Å². The average molecular weight is 360 g/mol. The van der Waals surface area contributed by atoms with Crippen LogP contribution in [0.15, 0.2) is 48.5 Å². The van der Waals surface area contributed by atoms with Crippen LogP contribution < -0.4 is 0 Å². The Bertz CT molecular complexity index is 1050. The van der Waals surface area contributed by atoms with E-state index in [0.717, 1.165) is 35.1 Å². The average Bonchev–Trinajstić information content (AvgIpc) is 3.32. The van der Waals surface area contributed by atoms with Crippen molar-refractivity contribution < 1.29 is 0 Å². The van der Waals surface area contributed by atoms with Gasteiger partial charge < -0.3 is 0 Å². The van der Waals surface area contributed by atoms with Crippen molar-refractivity contribution in [2.75, 3.05) is 0 Å². The Labute approximate surface area is 163 Å². The van der Waals surface area contributed by atoms with Crippen molar-refractivity contribution in [2.45, 2.75) is 24.7 Å². The van der Waals surface area contributed by atoms with Crippen LogP contribution in [0.2, 0.25) is 0 Å². The lowest BCUT2D eigenvalue weighted by atomic mass is 9.44. The lowest BCUT2D eigenvalue weighted by molar-refractivity contribution is 0.0477. The van der Waals surface area contributed by atoms with Gasteiger partial charge in [0.25, 0.3) is 0 Å². The number of fused-ring (bicyclic) bond motifs is 7. The molecule has 0 amide bonds. The summed E-state index contributed by atoms with van der Waals surface area (Å²) in [5.41, 5.74) is 0.779. The van der Waals surface area contributed by atoms with Crippen molar-refractivity contribution in [3.05, 3.63) is 70.8 Å². The molecule has 0 aliphatic heterocycles. The second kappa shape index (κ2) is 5.45. The van der Waals surface area contributed by atoms with Gasteiger partial charge in [-0.1, -0.05) is 48.5 Å². The minimum atomic E-state index is -1.70. The van der Waals surface area contributed by atoms with Crippen molar-refractivity contribution in [3.63, 3.8) is 0 Å². The summed E-state index contributed by atoms with van der Waals surface area (Å²) in [7, 11) is 0. The molecule has 4 nitrogen and oxygen atoms in total. The Morgan fingerprint density at radius 3 is 1.32 bits per heavy atom. The lowest BCUT2D eigenvalue weighted by Crippen LogP contribution is -2.55. The Hall–Kier alpha value is -3.60. The van der Waals surface area contributed by atoms with E-state index < -0.39 is 22.7 Å². The number of hydrogen-bond acceptors (Lipinski definition) is 4. The molecule has 4 heteroatoms. The van der Waals surface area contributed by atoms with E-state index >= 15 is 0 Å². The molecule has 0 spiro atoms. The molecule has 0 N–H and O–H groups in total. The van der Waals surface area contributed by atoms with Crippen LogP contribution in [0.4, 0.5) is 0 Å². The second-order valence-electron chi connectivity index (χ2n) is 8.15. The third kappa shape index (κ3) is 1.63. The Kier molecular flexibility index (Phi) is 3.23. The second-order valence-corrected chi connectivity index (χ2v) is 8.15. The van der Waals surface area contributed by atoms with Crippen LogP contribution >= 0.6 is 0 Å². The fourth-order valence-electron chi connectivity index (χ4n) is 6.33. The van der Waals surface area contributed by atoms with Crippen molar-refractivity contribution in [1.29, 1.82) is 21.0 Å². The van der Waals surface area contributed by atoms with Crippen LogP contribution in [0.1, 0.15) is 34.1 Å². The van der Waals surface area contributed by atoms with E-state index in [-0.39, 0.29) is 11.8 Å². The molecule has 0 aromatic heterocycles. The zero-order valence-corrected chi connectivity index (χ0v) is 15.1. The van der Waals surface area contributed by atoms with E-state index in [1.807, 2.05) is 48.5 Å². The van der Waals surface area contributed by atoms with Gasteiger partial charge in [-0.2, -0.15) is 21.0 Å². The first-order valence-corrected chi connectivity index (χ1v) is 9.48. The first kappa shape index (κ1) is 16.6. The normalized spacial score (nSPS) is 29.6. The first-order chi connectivity index (χ1) is 13.7. The van der Waals surface area contributed by atoms with Gasteiger partial charge in [0.15, 0.2) is 10.8 Å². The summed E-state index contributed by atoms with van der Waals surface area (Å²) < 4.78 is 0. The van der Waals surface area contributed by atoms with Gasteiger partial charge in [-0.3, -0.25) is 0 Å². The summed E-state index contributed by atoms with van der Waals surface area (Å²) in [5.74, 6) is -0.699. The Morgan fingerprint density at radius 2 is 0.964 bits per heavy atom. The number of rotatable bonds is 0. The van der Waals surface area contributed by atoms with Crippen LogP contribution in [0.5, 0.6) is 0 Å². The molecule has 28 heavy (non-hydrogen) atoms. The maximum atomic E-state index is 10.3. The highest BCUT2D eigenvalue weighted by Crippen LogP contribution is 2.71. The minimum Gasteiger partial charge on any atom is -0.196 e. The highest BCUT2D eigenvalue weighted by Gasteiger charge is 2.73. The molecule has 132 valence electrons. The molecule has 0 saturated heterocycles. The molecule has 3 aliphatic carbocycles. The van der Waals surface area contributed by atoms with Gasteiger partial charge in [0.2, 0.25) is 0 Å². The van der Waals surface area contributed by atoms with Gasteiger partial charge in [0.1, 0.15) is 0 Å². The highest BCUT2D eigenvalue weighted by molar-refractivity contribution is 5.55. The van der Waals surface area contributed by atoms with E-state index in [1.165, 1.54) is 0 Å². The summed E-state index contributed by atoms with van der Waals surface area (Å²) in [6.07, 6.45) is 1.57. The Morgan fingerprint density at radius 1 is 0.607 bits per heavy atom. The van der Waals surface area contributed by atoms with Gasteiger partial charge >= 0.3 is 0 Å². The molecule has 0 heterocycles. The van der Waals surface area contributed by atoms with Crippen LogP contribution in [0, 0.1) is 68.0 Å². The summed E-state index contributed by atoms with van der Waals surface area (Å²) in [5, 5.41) is 41.2. The molecule has 0 radical (unpaired) electrons. The Balaban J connectivity index is 1.86.